The highest BCUT2D eigenvalue weighted by atomic mass is 16.4. The molecule has 6 heteroatoms. The molecule has 17 heavy (non-hydrogen) atoms. The molecule has 6 nitrogen and oxygen atoms in total. The fourth-order valence-electron chi connectivity index (χ4n) is 1.71. The first-order chi connectivity index (χ1) is 8.04. The summed E-state index contributed by atoms with van der Waals surface area (Å²) < 4.78 is 0. The van der Waals surface area contributed by atoms with E-state index >= 15 is 0 Å². The zero-order chi connectivity index (χ0) is 12.8. The van der Waals surface area contributed by atoms with Gasteiger partial charge < -0.3 is 20.4 Å². The van der Waals surface area contributed by atoms with Crippen molar-refractivity contribution in [3.63, 3.8) is 0 Å². The number of aliphatic carboxylic acids is 1. The molecule has 1 heterocycles. The molecular formula is C11H18N2O4. The lowest BCUT2D eigenvalue weighted by atomic mass is 10.1. The molecule has 0 unspecified atom stereocenters. The number of aliphatic hydroxyl groups is 1. The third-order valence-electron chi connectivity index (χ3n) is 2.63. The normalized spacial score (nSPS) is 17.3. The minimum Gasteiger partial charge on any atom is -0.480 e. The van der Waals surface area contributed by atoms with Crippen LogP contribution in [0.25, 0.3) is 0 Å². The third-order valence-corrected chi connectivity index (χ3v) is 2.63. The molecule has 0 fully saturated rings. The van der Waals surface area contributed by atoms with Crippen molar-refractivity contribution in [1.29, 1.82) is 0 Å². The first kappa shape index (κ1) is 13.5. The summed E-state index contributed by atoms with van der Waals surface area (Å²) in [5.74, 6) is -1.13. The van der Waals surface area contributed by atoms with Crippen molar-refractivity contribution in [3.8, 4) is 0 Å². The molecule has 1 aliphatic rings. The number of hydrogen-bond acceptors (Lipinski definition) is 3. The summed E-state index contributed by atoms with van der Waals surface area (Å²) in [6.45, 7) is 2.78. The van der Waals surface area contributed by atoms with Crippen LogP contribution in [0.5, 0.6) is 0 Å². The third kappa shape index (κ3) is 4.07. The van der Waals surface area contributed by atoms with Crippen LogP contribution in [0.15, 0.2) is 11.6 Å². The van der Waals surface area contributed by atoms with E-state index in [1.807, 2.05) is 6.92 Å². The Hall–Kier alpha value is -1.56. The Morgan fingerprint density at radius 1 is 1.59 bits per heavy atom. The number of carboxylic acid groups (broad SMARTS) is 1. The van der Waals surface area contributed by atoms with E-state index in [-0.39, 0.29) is 13.0 Å². The Labute approximate surface area is 99.9 Å². The molecule has 0 saturated carbocycles. The van der Waals surface area contributed by atoms with Crippen molar-refractivity contribution >= 4 is 12.0 Å². The highest BCUT2D eigenvalue weighted by Crippen LogP contribution is 2.09. The molecule has 0 aliphatic carbocycles. The lowest BCUT2D eigenvalue weighted by Crippen LogP contribution is -2.49. The fourth-order valence-corrected chi connectivity index (χ4v) is 1.71. The van der Waals surface area contributed by atoms with Gasteiger partial charge in [-0.3, -0.25) is 0 Å². The van der Waals surface area contributed by atoms with Gasteiger partial charge in [-0.2, -0.15) is 0 Å². The lowest BCUT2D eigenvalue weighted by Gasteiger charge is -2.27. The maximum atomic E-state index is 11.8. The van der Waals surface area contributed by atoms with Crippen LogP contribution >= 0.6 is 0 Å². The number of rotatable bonds is 4. The summed E-state index contributed by atoms with van der Waals surface area (Å²) in [4.78, 5) is 24.2. The largest absolute Gasteiger partial charge is 0.480 e. The van der Waals surface area contributed by atoms with Crippen LogP contribution in [0.2, 0.25) is 0 Å². The second-order valence-electron chi connectivity index (χ2n) is 4.11. The molecule has 0 aromatic carbocycles. The van der Waals surface area contributed by atoms with Gasteiger partial charge in [-0.1, -0.05) is 11.6 Å². The van der Waals surface area contributed by atoms with E-state index < -0.39 is 18.0 Å². The van der Waals surface area contributed by atoms with Crippen molar-refractivity contribution < 1.29 is 19.8 Å². The van der Waals surface area contributed by atoms with Crippen LogP contribution in [0.1, 0.15) is 19.8 Å². The van der Waals surface area contributed by atoms with Gasteiger partial charge in [0, 0.05) is 26.1 Å². The molecular weight excluding hydrogens is 224 g/mol. The first-order valence-electron chi connectivity index (χ1n) is 5.59. The van der Waals surface area contributed by atoms with Gasteiger partial charge in [-0.15, -0.1) is 0 Å². The van der Waals surface area contributed by atoms with E-state index in [4.69, 9.17) is 10.2 Å². The number of nitrogens with one attached hydrogen (secondary N) is 1. The van der Waals surface area contributed by atoms with Crippen LogP contribution in [-0.4, -0.2) is 52.9 Å². The van der Waals surface area contributed by atoms with Gasteiger partial charge in [0.05, 0.1) is 0 Å². The minimum atomic E-state index is -1.13. The number of hydrogen-bond donors (Lipinski definition) is 3. The highest BCUT2D eigenvalue weighted by Gasteiger charge is 2.23. The summed E-state index contributed by atoms with van der Waals surface area (Å²) in [5.41, 5.74) is 1.10. The van der Waals surface area contributed by atoms with Crippen molar-refractivity contribution in [2.75, 3.05) is 19.7 Å². The van der Waals surface area contributed by atoms with Crippen LogP contribution in [0.3, 0.4) is 0 Å². The number of carbonyl (C=O) groups is 2. The Bertz CT molecular complexity index is 327. The number of carbonyl (C=O) groups excluding carboxylic acids is 1. The second kappa shape index (κ2) is 6.24. The quantitative estimate of drug-likeness (QED) is 0.614. The van der Waals surface area contributed by atoms with Gasteiger partial charge in [0.1, 0.15) is 6.04 Å². The second-order valence-corrected chi connectivity index (χ2v) is 4.11. The molecule has 0 spiro atoms. The van der Waals surface area contributed by atoms with Crippen molar-refractivity contribution in [1.82, 2.24) is 10.2 Å². The zero-order valence-electron chi connectivity index (χ0n) is 9.85. The van der Waals surface area contributed by atoms with Gasteiger partial charge in [0.15, 0.2) is 0 Å². The van der Waals surface area contributed by atoms with E-state index in [9.17, 15) is 9.59 Å². The number of urea groups is 1. The van der Waals surface area contributed by atoms with E-state index in [1.165, 1.54) is 0 Å². The van der Waals surface area contributed by atoms with Gasteiger partial charge in [0.25, 0.3) is 0 Å². The van der Waals surface area contributed by atoms with Crippen molar-refractivity contribution in [3.05, 3.63) is 11.6 Å². The molecule has 0 radical (unpaired) electrons. The lowest BCUT2D eigenvalue weighted by molar-refractivity contribution is -0.139. The topological polar surface area (TPSA) is 89.9 Å². The molecule has 0 saturated heterocycles. The monoisotopic (exact) mass is 242 g/mol. The maximum Gasteiger partial charge on any atom is 0.326 e. The smallest absolute Gasteiger partial charge is 0.326 e. The number of nitrogens with zero attached hydrogens (tertiary/aromatic N) is 1. The number of carboxylic acids is 1. The molecule has 0 bridgehead atoms. The highest BCUT2D eigenvalue weighted by molar-refractivity contribution is 5.82. The standard InChI is InChI=1S/C11H18N2O4/c1-8-3-2-5-13(7-8)11(17)12-9(4-6-14)10(15)16/h3,9,14H,2,4-7H2,1H3,(H,12,17)(H,15,16)/t9-/m1/s1. The average Bonchev–Trinajstić information content (AvgIpc) is 2.28. The van der Waals surface area contributed by atoms with Gasteiger partial charge in [-0.05, 0) is 13.3 Å². The summed E-state index contributed by atoms with van der Waals surface area (Å²) >= 11 is 0. The van der Waals surface area contributed by atoms with E-state index in [1.54, 1.807) is 4.90 Å². The zero-order valence-corrected chi connectivity index (χ0v) is 9.85. The van der Waals surface area contributed by atoms with E-state index in [0.717, 1.165) is 12.0 Å². The molecule has 0 aromatic heterocycles. The summed E-state index contributed by atoms with van der Waals surface area (Å²) in [6, 6.07) is -1.42. The first-order valence-corrected chi connectivity index (χ1v) is 5.59. The minimum absolute atomic E-state index is 0.0176. The molecule has 0 aromatic rings. The van der Waals surface area contributed by atoms with E-state index in [2.05, 4.69) is 11.4 Å². The van der Waals surface area contributed by atoms with Crippen molar-refractivity contribution in [2.45, 2.75) is 25.8 Å². The molecule has 2 amide bonds. The van der Waals surface area contributed by atoms with Gasteiger partial charge in [0.2, 0.25) is 0 Å². The van der Waals surface area contributed by atoms with Crippen LogP contribution in [0.4, 0.5) is 4.79 Å². The maximum absolute atomic E-state index is 11.8. The summed E-state index contributed by atoms with van der Waals surface area (Å²) in [6.07, 6.45) is 2.87. The van der Waals surface area contributed by atoms with E-state index in [0.29, 0.717) is 13.1 Å². The molecule has 3 N–H and O–H groups in total. The van der Waals surface area contributed by atoms with Crippen molar-refractivity contribution in [2.24, 2.45) is 0 Å². The average molecular weight is 242 g/mol. The molecule has 96 valence electrons. The SMILES string of the molecule is CC1=CCCN(C(=O)N[C@H](CCO)C(=O)O)C1. The molecule has 1 aliphatic heterocycles. The van der Waals surface area contributed by atoms with Crippen LogP contribution in [0, 0.1) is 0 Å². The fraction of sp³-hybridized carbons (Fsp3) is 0.636. The summed E-state index contributed by atoms with van der Waals surface area (Å²) in [7, 11) is 0. The predicted octanol–water partition coefficient (Wildman–Crippen LogP) is 0.184. The number of amides is 2. The Morgan fingerprint density at radius 3 is 2.82 bits per heavy atom. The Kier molecular flexibility index (Phi) is 4.96. The molecule has 1 rings (SSSR count). The van der Waals surface area contributed by atoms with Gasteiger partial charge in [-0.25, -0.2) is 9.59 Å². The molecule has 1 atom stereocenters. The number of aliphatic hydroxyl groups excluding tert-OH is 1. The Morgan fingerprint density at radius 2 is 2.29 bits per heavy atom. The van der Waals surface area contributed by atoms with Crippen LogP contribution < -0.4 is 5.32 Å². The summed E-state index contributed by atoms with van der Waals surface area (Å²) in [5, 5.41) is 20.0. The Balaban J connectivity index is 2.52. The predicted molar refractivity (Wildman–Crippen MR) is 61.6 cm³/mol. The van der Waals surface area contributed by atoms with Crippen LogP contribution in [-0.2, 0) is 4.79 Å². The van der Waals surface area contributed by atoms with Gasteiger partial charge >= 0.3 is 12.0 Å².